The summed E-state index contributed by atoms with van der Waals surface area (Å²) >= 11 is 0. The molecule has 0 aliphatic rings. The predicted molar refractivity (Wildman–Crippen MR) is 71.1 cm³/mol. The van der Waals surface area contributed by atoms with Crippen molar-refractivity contribution in [2.24, 2.45) is 5.92 Å². The largest absolute Gasteiger partial charge is 0.481 e. The van der Waals surface area contributed by atoms with Gasteiger partial charge < -0.3 is 15.7 Å². The molecule has 1 unspecified atom stereocenters. The fourth-order valence-corrected chi connectivity index (χ4v) is 1.50. The quantitative estimate of drug-likeness (QED) is 0.731. The average Bonchev–Trinajstić information content (AvgIpc) is 2.74. The average molecular weight is 268 g/mol. The van der Waals surface area contributed by atoms with Crippen LogP contribution in [0.15, 0.2) is 12.4 Å². The molecule has 1 heterocycles. The second-order valence-electron chi connectivity index (χ2n) is 4.84. The maximum atomic E-state index is 11.6. The third kappa shape index (κ3) is 5.41. The minimum atomic E-state index is -0.868. The first-order chi connectivity index (χ1) is 8.88. The fourth-order valence-electron chi connectivity index (χ4n) is 1.50. The lowest BCUT2D eigenvalue weighted by Crippen LogP contribution is -2.32. The number of nitrogens with zero attached hydrogens (tertiary/aromatic N) is 2. The highest BCUT2D eigenvalue weighted by Crippen LogP contribution is 2.09. The van der Waals surface area contributed by atoms with Crippen molar-refractivity contribution in [3.63, 3.8) is 0 Å². The first-order valence-corrected chi connectivity index (χ1v) is 6.19. The van der Waals surface area contributed by atoms with E-state index in [9.17, 15) is 9.59 Å². The van der Waals surface area contributed by atoms with Crippen molar-refractivity contribution in [3.05, 3.63) is 12.4 Å². The zero-order valence-electron chi connectivity index (χ0n) is 11.4. The first-order valence-electron chi connectivity index (χ1n) is 6.19. The Morgan fingerprint density at radius 2 is 2.11 bits per heavy atom. The van der Waals surface area contributed by atoms with Crippen LogP contribution < -0.4 is 10.6 Å². The Balaban J connectivity index is 2.36. The Morgan fingerprint density at radius 1 is 1.42 bits per heavy atom. The molecule has 0 aliphatic carbocycles. The van der Waals surface area contributed by atoms with E-state index in [4.69, 9.17) is 5.11 Å². The van der Waals surface area contributed by atoms with E-state index in [1.807, 2.05) is 13.8 Å². The lowest BCUT2D eigenvalue weighted by atomic mass is 10.1. The number of aromatic nitrogens is 2. The number of aliphatic carboxylic acids is 1. The van der Waals surface area contributed by atoms with Gasteiger partial charge in [0.25, 0.3) is 0 Å². The summed E-state index contributed by atoms with van der Waals surface area (Å²) in [5.41, 5.74) is 0.608. The van der Waals surface area contributed by atoms with Gasteiger partial charge in [-0.05, 0) is 19.8 Å². The first kappa shape index (κ1) is 15.0. The number of carboxylic acids is 1. The number of carbonyl (C=O) groups excluding carboxylic acids is 1. The van der Waals surface area contributed by atoms with E-state index in [-0.39, 0.29) is 24.4 Å². The van der Waals surface area contributed by atoms with E-state index in [1.165, 1.54) is 0 Å². The summed E-state index contributed by atoms with van der Waals surface area (Å²) in [4.78, 5) is 22.0. The Bertz CT molecular complexity index is 442. The zero-order valence-corrected chi connectivity index (χ0v) is 11.4. The van der Waals surface area contributed by atoms with E-state index in [1.54, 1.807) is 24.0 Å². The van der Waals surface area contributed by atoms with E-state index in [0.717, 1.165) is 0 Å². The van der Waals surface area contributed by atoms with Gasteiger partial charge in [-0.15, -0.1) is 0 Å². The molecule has 7 nitrogen and oxygen atoms in total. The number of carbonyl (C=O) groups is 2. The normalized spacial score (nSPS) is 12.2. The highest BCUT2D eigenvalue weighted by atomic mass is 16.4. The van der Waals surface area contributed by atoms with Crippen LogP contribution in [0.2, 0.25) is 0 Å². The van der Waals surface area contributed by atoms with Gasteiger partial charge in [-0.3, -0.25) is 9.48 Å². The van der Waals surface area contributed by atoms with Crippen LogP contribution in [-0.4, -0.2) is 33.4 Å². The Kier molecular flexibility index (Phi) is 5.35. The number of carboxylic acid groups (broad SMARTS) is 1. The maximum absolute atomic E-state index is 11.6. The van der Waals surface area contributed by atoms with Crippen molar-refractivity contribution in [3.8, 4) is 0 Å². The molecule has 1 rings (SSSR count). The molecule has 1 aromatic heterocycles. The Morgan fingerprint density at radius 3 is 2.63 bits per heavy atom. The van der Waals surface area contributed by atoms with Gasteiger partial charge in [-0.2, -0.15) is 5.10 Å². The summed E-state index contributed by atoms with van der Waals surface area (Å²) in [6, 6.07) is -0.130. The molecule has 106 valence electrons. The second-order valence-corrected chi connectivity index (χ2v) is 4.84. The smallest absolute Gasteiger partial charge is 0.319 e. The number of hydrogen-bond donors (Lipinski definition) is 3. The number of amides is 2. The minimum absolute atomic E-state index is 0.0333. The fraction of sp³-hybridized carbons (Fsp3) is 0.583. The van der Waals surface area contributed by atoms with Gasteiger partial charge >= 0.3 is 12.0 Å². The summed E-state index contributed by atoms with van der Waals surface area (Å²) < 4.78 is 1.74. The van der Waals surface area contributed by atoms with Crippen molar-refractivity contribution in [1.29, 1.82) is 0 Å². The molecule has 2 amide bonds. The third-order valence-electron chi connectivity index (χ3n) is 2.52. The van der Waals surface area contributed by atoms with Crippen molar-refractivity contribution in [1.82, 2.24) is 15.1 Å². The van der Waals surface area contributed by atoms with Gasteiger partial charge in [-0.25, -0.2) is 4.79 Å². The van der Waals surface area contributed by atoms with Crippen molar-refractivity contribution < 1.29 is 14.7 Å². The van der Waals surface area contributed by atoms with Crippen LogP contribution >= 0.6 is 0 Å². The number of anilines is 1. The van der Waals surface area contributed by atoms with Gasteiger partial charge in [0, 0.05) is 25.2 Å². The molecule has 3 N–H and O–H groups in total. The number of hydrogen-bond acceptors (Lipinski definition) is 3. The van der Waals surface area contributed by atoms with Crippen LogP contribution in [0.1, 0.15) is 33.2 Å². The molecule has 0 fully saturated rings. The SMILES string of the molecule is CC(CNC(=O)Nc1cnn(C(C)C)c1)CC(=O)O. The van der Waals surface area contributed by atoms with Crippen LogP contribution in [0, 0.1) is 5.92 Å². The van der Waals surface area contributed by atoms with Crippen molar-refractivity contribution in [2.45, 2.75) is 33.2 Å². The lowest BCUT2D eigenvalue weighted by molar-refractivity contribution is -0.137. The molecule has 0 saturated carbocycles. The van der Waals surface area contributed by atoms with Crippen LogP contribution in [-0.2, 0) is 4.79 Å². The third-order valence-corrected chi connectivity index (χ3v) is 2.52. The minimum Gasteiger partial charge on any atom is -0.481 e. The van der Waals surface area contributed by atoms with Gasteiger partial charge in [0.15, 0.2) is 0 Å². The molecule has 0 spiro atoms. The topological polar surface area (TPSA) is 96.3 Å². The van der Waals surface area contributed by atoms with Gasteiger partial charge in [0.1, 0.15) is 0 Å². The molecular formula is C12H20N4O3. The van der Waals surface area contributed by atoms with Crippen molar-refractivity contribution >= 4 is 17.7 Å². The number of nitrogens with one attached hydrogen (secondary N) is 2. The highest BCUT2D eigenvalue weighted by molar-refractivity contribution is 5.88. The summed E-state index contributed by atoms with van der Waals surface area (Å²) in [6.07, 6.45) is 3.34. The lowest BCUT2D eigenvalue weighted by Gasteiger charge is -2.10. The van der Waals surface area contributed by atoms with Crippen molar-refractivity contribution in [2.75, 3.05) is 11.9 Å². The molecule has 0 aliphatic heterocycles. The van der Waals surface area contributed by atoms with Crippen LogP contribution in [0.3, 0.4) is 0 Å². The van der Waals surface area contributed by atoms with E-state index < -0.39 is 5.97 Å². The molecule has 1 atom stereocenters. The van der Waals surface area contributed by atoms with E-state index >= 15 is 0 Å². The molecular weight excluding hydrogens is 248 g/mol. The molecule has 1 aromatic rings. The molecule has 0 aromatic carbocycles. The summed E-state index contributed by atoms with van der Waals surface area (Å²) in [7, 11) is 0. The molecule has 0 bridgehead atoms. The summed E-state index contributed by atoms with van der Waals surface area (Å²) in [5.74, 6) is -0.977. The molecule has 19 heavy (non-hydrogen) atoms. The van der Waals surface area contributed by atoms with Crippen LogP contribution in [0.25, 0.3) is 0 Å². The number of rotatable bonds is 6. The van der Waals surface area contributed by atoms with Gasteiger partial charge in [-0.1, -0.05) is 6.92 Å². The predicted octanol–water partition coefficient (Wildman–Crippen LogP) is 1.70. The molecule has 0 saturated heterocycles. The summed E-state index contributed by atoms with van der Waals surface area (Å²) in [5, 5.41) is 18.0. The summed E-state index contributed by atoms with van der Waals surface area (Å²) in [6.45, 7) is 6.07. The van der Waals surface area contributed by atoms with E-state index in [0.29, 0.717) is 12.2 Å². The second kappa shape index (κ2) is 6.77. The molecule has 7 heteroatoms. The number of urea groups is 1. The molecule has 0 radical (unpaired) electrons. The van der Waals surface area contributed by atoms with E-state index in [2.05, 4.69) is 15.7 Å². The Labute approximate surface area is 112 Å². The standard InChI is InChI=1S/C12H20N4O3/c1-8(2)16-7-10(6-14-16)15-12(19)13-5-9(3)4-11(17)18/h6-9H,4-5H2,1-3H3,(H,17,18)(H2,13,15,19). The van der Waals surface area contributed by atoms with Gasteiger partial charge in [0.05, 0.1) is 11.9 Å². The maximum Gasteiger partial charge on any atom is 0.319 e. The monoisotopic (exact) mass is 268 g/mol. The zero-order chi connectivity index (χ0) is 14.4. The van der Waals surface area contributed by atoms with Crippen LogP contribution in [0.4, 0.5) is 10.5 Å². The van der Waals surface area contributed by atoms with Gasteiger partial charge in [0.2, 0.25) is 0 Å². The highest BCUT2D eigenvalue weighted by Gasteiger charge is 2.10. The van der Waals surface area contributed by atoms with Crippen LogP contribution in [0.5, 0.6) is 0 Å². The Hall–Kier alpha value is -2.05.